The minimum Gasteiger partial charge on any atom is -0.309 e. The highest BCUT2D eigenvalue weighted by molar-refractivity contribution is 4.95. The van der Waals surface area contributed by atoms with Gasteiger partial charge in [-0.3, -0.25) is 0 Å². The minimum atomic E-state index is 0.335. The second-order valence-corrected chi connectivity index (χ2v) is 6.06. The van der Waals surface area contributed by atoms with E-state index in [1.807, 2.05) is 0 Å². The van der Waals surface area contributed by atoms with Crippen molar-refractivity contribution in [2.45, 2.75) is 71.9 Å². The second kappa shape index (κ2) is 3.61. The Morgan fingerprint density at radius 3 is 2.31 bits per heavy atom. The van der Waals surface area contributed by atoms with Crippen LogP contribution in [0.3, 0.4) is 0 Å². The molecule has 1 heterocycles. The highest BCUT2D eigenvalue weighted by atomic mass is 15.0. The highest BCUT2D eigenvalue weighted by Crippen LogP contribution is 2.38. The van der Waals surface area contributed by atoms with Gasteiger partial charge >= 0.3 is 0 Å². The molecule has 78 valence electrons. The van der Waals surface area contributed by atoms with Crippen molar-refractivity contribution in [3.63, 3.8) is 0 Å². The number of nitrogens with one attached hydrogen (secondary N) is 1. The van der Waals surface area contributed by atoms with Gasteiger partial charge in [-0.25, -0.2) is 0 Å². The highest BCUT2D eigenvalue weighted by Gasteiger charge is 2.37. The van der Waals surface area contributed by atoms with Crippen LogP contribution < -0.4 is 5.32 Å². The Labute approximate surface area is 83.3 Å². The lowest BCUT2D eigenvalue weighted by Crippen LogP contribution is -2.54. The number of rotatable bonds is 2. The molecule has 1 aliphatic rings. The van der Waals surface area contributed by atoms with Crippen LogP contribution in [-0.2, 0) is 0 Å². The lowest BCUT2D eigenvalue weighted by Gasteiger charge is -2.46. The summed E-state index contributed by atoms with van der Waals surface area (Å²) in [5.41, 5.74) is 0.857. The van der Waals surface area contributed by atoms with Crippen molar-refractivity contribution < 1.29 is 0 Å². The van der Waals surface area contributed by atoms with Crippen LogP contribution in [0.1, 0.15) is 60.3 Å². The molecule has 1 nitrogen and oxygen atoms in total. The van der Waals surface area contributed by atoms with E-state index in [0.717, 1.165) is 6.04 Å². The van der Waals surface area contributed by atoms with Crippen molar-refractivity contribution >= 4 is 0 Å². The van der Waals surface area contributed by atoms with Gasteiger partial charge < -0.3 is 5.32 Å². The minimum absolute atomic E-state index is 0.335. The quantitative estimate of drug-likeness (QED) is 0.692. The van der Waals surface area contributed by atoms with Crippen LogP contribution in [0, 0.1) is 5.41 Å². The molecule has 0 aromatic heterocycles. The van der Waals surface area contributed by atoms with Crippen molar-refractivity contribution in [3.05, 3.63) is 0 Å². The lowest BCUT2D eigenvalue weighted by atomic mass is 9.71. The summed E-state index contributed by atoms with van der Waals surface area (Å²) in [6.45, 7) is 11.7. The summed E-state index contributed by atoms with van der Waals surface area (Å²) < 4.78 is 0. The third kappa shape index (κ3) is 3.30. The van der Waals surface area contributed by atoms with Crippen LogP contribution >= 0.6 is 0 Å². The topological polar surface area (TPSA) is 12.0 Å². The van der Waals surface area contributed by atoms with Crippen molar-refractivity contribution in [1.82, 2.24) is 5.32 Å². The van der Waals surface area contributed by atoms with Crippen LogP contribution in [0.4, 0.5) is 0 Å². The summed E-state index contributed by atoms with van der Waals surface area (Å²) in [6, 6.07) is 0.740. The molecule has 0 aliphatic carbocycles. The maximum absolute atomic E-state index is 3.75. The summed E-state index contributed by atoms with van der Waals surface area (Å²) in [4.78, 5) is 0. The van der Waals surface area contributed by atoms with Crippen molar-refractivity contribution in [2.24, 2.45) is 5.41 Å². The smallest absolute Gasteiger partial charge is 0.0132 e. The van der Waals surface area contributed by atoms with E-state index in [9.17, 15) is 0 Å². The Morgan fingerprint density at radius 1 is 1.23 bits per heavy atom. The molecule has 0 spiro atoms. The molecule has 1 heteroatoms. The fourth-order valence-electron chi connectivity index (χ4n) is 3.11. The van der Waals surface area contributed by atoms with Gasteiger partial charge in [0, 0.05) is 11.6 Å². The van der Waals surface area contributed by atoms with Crippen LogP contribution in [0.25, 0.3) is 0 Å². The standard InChI is InChI=1S/C12H25N/c1-6-7-10-8-11(2,3)9-12(4,5)13-10/h10,13H,6-9H2,1-5H3. The zero-order valence-corrected chi connectivity index (χ0v) is 9.91. The third-order valence-electron chi connectivity index (χ3n) is 2.95. The molecular weight excluding hydrogens is 158 g/mol. The Hall–Kier alpha value is -0.0400. The maximum atomic E-state index is 3.75. The number of hydrogen-bond acceptors (Lipinski definition) is 1. The fraction of sp³-hybridized carbons (Fsp3) is 1.00. The van der Waals surface area contributed by atoms with E-state index >= 15 is 0 Å². The summed E-state index contributed by atoms with van der Waals surface area (Å²) in [5.74, 6) is 0. The van der Waals surface area contributed by atoms with Gasteiger partial charge in [-0.1, -0.05) is 27.2 Å². The van der Waals surface area contributed by atoms with E-state index in [1.165, 1.54) is 25.7 Å². The molecule has 0 amide bonds. The van der Waals surface area contributed by atoms with E-state index in [4.69, 9.17) is 0 Å². The predicted octanol–water partition coefficient (Wildman–Crippen LogP) is 3.34. The molecule has 1 fully saturated rings. The fourth-order valence-corrected chi connectivity index (χ4v) is 3.11. The number of piperidine rings is 1. The zero-order chi connectivity index (χ0) is 10.1. The normalized spacial score (nSPS) is 31.6. The van der Waals surface area contributed by atoms with Crippen LogP contribution in [0.5, 0.6) is 0 Å². The summed E-state index contributed by atoms with van der Waals surface area (Å²) in [5, 5.41) is 3.75. The third-order valence-corrected chi connectivity index (χ3v) is 2.95. The first-order valence-electron chi connectivity index (χ1n) is 5.62. The van der Waals surface area contributed by atoms with Gasteiger partial charge in [-0.15, -0.1) is 0 Å². The molecule has 1 saturated heterocycles. The Balaban J connectivity index is 2.61. The molecule has 0 radical (unpaired) electrons. The van der Waals surface area contributed by atoms with Gasteiger partial charge in [-0.05, 0) is 38.5 Å². The van der Waals surface area contributed by atoms with E-state index in [2.05, 4.69) is 39.9 Å². The molecule has 1 aliphatic heterocycles. The van der Waals surface area contributed by atoms with Crippen LogP contribution in [0.2, 0.25) is 0 Å². The molecule has 1 N–H and O–H groups in total. The van der Waals surface area contributed by atoms with Gasteiger partial charge in [0.15, 0.2) is 0 Å². The zero-order valence-electron chi connectivity index (χ0n) is 9.91. The molecule has 1 unspecified atom stereocenters. The van der Waals surface area contributed by atoms with E-state index in [0.29, 0.717) is 11.0 Å². The van der Waals surface area contributed by atoms with Gasteiger partial charge in [0.25, 0.3) is 0 Å². The first kappa shape index (κ1) is 11.0. The SMILES string of the molecule is CCCC1CC(C)(C)CC(C)(C)N1. The molecule has 0 aromatic rings. The molecule has 13 heavy (non-hydrogen) atoms. The Morgan fingerprint density at radius 2 is 1.85 bits per heavy atom. The summed E-state index contributed by atoms with van der Waals surface area (Å²) >= 11 is 0. The Kier molecular flexibility index (Phi) is 3.06. The first-order valence-corrected chi connectivity index (χ1v) is 5.62. The summed E-state index contributed by atoms with van der Waals surface area (Å²) in [7, 11) is 0. The van der Waals surface area contributed by atoms with E-state index in [-0.39, 0.29) is 0 Å². The van der Waals surface area contributed by atoms with Crippen molar-refractivity contribution in [2.75, 3.05) is 0 Å². The van der Waals surface area contributed by atoms with Crippen molar-refractivity contribution in [1.29, 1.82) is 0 Å². The molecule has 0 bridgehead atoms. The average molecular weight is 183 g/mol. The van der Waals surface area contributed by atoms with Crippen LogP contribution in [-0.4, -0.2) is 11.6 Å². The molecule has 0 aromatic carbocycles. The van der Waals surface area contributed by atoms with E-state index < -0.39 is 0 Å². The molecule has 0 saturated carbocycles. The van der Waals surface area contributed by atoms with Gasteiger partial charge in [0.1, 0.15) is 0 Å². The van der Waals surface area contributed by atoms with Gasteiger partial charge in [0.2, 0.25) is 0 Å². The van der Waals surface area contributed by atoms with E-state index in [1.54, 1.807) is 0 Å². The average Bonchev–Trinajstić information content (AvgIpc) is 1.78. The predicted molar refractivity (Wildman–Crippen MR) is 58.9 cm³/mol. The van der Waals surface area contributed by atoms with Gasteiger partial charge in [0.05, 0.1) is 0 Å². The van der Waals surface area contributed by atoms with Gasteiger partial charge in [-0.2, -0.15) is 0 Å². The molecule has 1 rings (SSSR count). The maximum Gasteiger partial charge on any atom is 0.0132 e. The largest absolute Gasteiger partial charge is 0.309 e. The second-order valence-electron chi connectivity index (χ2n) is 6.06. The van der Waals surface area contributed by atoms with Crippen LogP contribution in [0.15, 0.2) is 0 Å². The lowest BCUT2D eigenvalue weighted by molar-refractivity contribution is 0.112. The monoisotopic (exact) mass is 183 g/mol. The molecule has 1 atom stereocenters. The Bertz CT molecular complexity index is 154. The summed E-state index contributed by atoms with van der Waals surface area (Å²) in [6.07, 6.45) is 5.25. The van der Waals surface area contributed by atoms with Crippen molar-refractivity contribution in [3.8, 4) is 0 Å². The molecular formula is C12H25N. The number of hydrogen-bond donors (Lipinski definition) is 1. The first-order chi connectivity index (χ1) is 5.85.